The molecule has 2 aromatic rings. The zero-order valence-corrected chi connectivity index (χ0v) is 14.7. The maximum absolute atomic E-state index is 9.10. The number of aromatic hydroxyl groups is 1. The van der Waals surface area contributed by atoms with Gasteiger partial charge in [0.2, 0.25) is 0 Å². The van der Waals surface area contributed by atoms with Crippen molar-refractivity contribution < 1.29 is 5.11 Å². The number of nitrogens with one attached hydrogen (secondary N) is 2. The Morgan fingerprint density at radius 1 is 1.05 bits per heavy atom. The van der Waals surface area contributed by atoms with Gasteiger partial charge in [-0.1, -0.05) is 69.2 Å². The summed E-state index contributed by atoms with van der Waals surface area (Å²) < 4.78 is 4.05. The molecule has 0 fully saturated rings. The van der Waals surface area contributed by atoms with Gasteiger partial charge in [0.15, 0.2) is 0 Å². The Morgan fingerprint density at radius 3 is 2.19 bits per heavy atom. The summed E-state index contributed by atoms with van der Waals surface area (Å²) in [5, 5.41) is 11.8. The monoisotopic (exact) mass is 342 g/mol. The van der Waals surface area contributed by atoms with E-state index in [-0.39, 0.29) is 0 Å². The molecule has 0 radical (unpaired) electrons. The number of benzene rings is 1. The highest BCUT2D eigenvalue weighted by atomic mass is 32.2. The van der Waals surface area contributed by atoms with E-state index in [9.17, 15) is 0 Å². The molecule has 0 saturated heterocycles. The highest BCUT2D eigenvalue weighted by molar-refractivity contribution is 7.75. The molecule has 1 heterocycles. The molecule has 0 aliphatic rings. The summed E-state index contributed by atoms with van der Waals surface area (Å²) in [6, 6.07) is 7.55. The molecule has 2 rings (SSSR count). The van der Waals surface area contributed by atoms with E-state index in [1.165, 1.54) is 49.2 Å². The highest BCUT2D eigenvalue weighted by Crippen LogP contribution is 2.13. The number of hydrogen-bond donors (Lipinski definition) is 3. The average Bonchev–Trinajstić information content (AvgIpc) is 2.85. The van der Waals surface area contributed by atoms with E-state index >= 15 is 0 Å². The molecule has 3 nitrogen and oxygen atoms in total. The first-order valence-corrected chi connectivity index (χ1v) is 8.81. The second-order valence-corrected chi connectivity index (χ2v) is 6.67. The number of aromatic amines is 2. The van der Waals surface area contributed by atoms with Gasteiger partial charge in [-0.2, -0.15) is 0 Å². The molecule has 1 aromatic heterocycles. The first-order valence-electron chi connectivity index (χ1n) is 7.17. The van der Waals surface area contributed by atoms with Crippen LogP contribution in [0.3, 0.4) is 0 Å². The van der Waals surface area contributed by atoms with E-state index in [0.717, 1.165) is 10.2 Å². The van der Waals surface area contributed by atoms with Gasteiger partial charge in [-0.25, -0.2) is 0 Å². The summed E-state index contributed by atoms with van der Waals surface area (Å²) in [7, 11) is 0. The van der Waals surface area contributed by atoms with Gasteiger partial charge in [-0.3, -0.25) is 9.59 Å². The predicted molar refractivity (Wildman–Crippen MR) is 95.3 cm³/mol. The van der Waals surface area contributed by atoms with E-state index in [1.807, 2.05) is 12.1 Å². The van der Waals surface area contributed by atoms with Gasteiger partial charge >= 0.3 is 0 Å². The first kappa shape index (κ1) is 18.1. The number of phenols is 1. The molecule has 0 saturated carbocycles. The molecule has 0 aliphatic carbocycles. The van der Waals surface area contributed by atoms with Crippen molar-refractivity contribution in [1.82, 2.24) is 9.59 Å². The second-order valence-electron chi connectivity index (χ2n) is 4.78. The van der Waals surface area contributed by atoms with Crippen LogP contribution in [0.25, 0.3) is 0 Å². The van der Waals surface area contributed by atoms with E-state index in [0.29, 0.717) is 10.4 Å². The SMILES string of the molecule is CCCCCCCc1ccc(O)cc1.S=c1[nH][nH]sc1=S. The van der Waals surface area contributed by atoms with Crippen molar-refractivity contribution in [3.05, 3.63) is 38.3 Å². The van der Waals surface area contributed by atoms with Crippen molar-refractivity contribution >= 4 is 36.0 Å². The lowest BCUT2D eigenvalue weighted by Crippen LogP contribution is -1.85. The maximum Gasteiger partial charge on any atom is 0.148 e. The van der Waals surface area contributed by atoms with Gasteiger partial charge in [0.05, 0.1) is 0 Å². The highest BCUT2D eigenvalue weighted by Gasteiger charge is 1.93. The van der Waals surface area contributed by atoms with Gasteiger partial charge in [0.1, 0.15) is 14.2 Å². The lowest BCUT2D eigenvalue weighted by molar-refractivity contribution is 0.475. The van der Waals surface area contributed by atoms with Gasteiger partial charge < -0.3 is 5.11 Å². The van der Waals surface area contributed by atoms with E-state index in [4.69, 9.17) is 29.5 Å². The van der Waals surface area contributed by atoms with Crippen molar-refractivity contribution in [2.75, 3.05) is 0 Å². The van der Waals surface area contributed by atoms with Gasteiger partial charge in [-0.05, 0) is 42.1 Å². The van der Waals surface area contributed by atoms with Crippen LogP contribution in [0, 0.1) is 8.46 Å². The Morgan fingerprint density at radius 2 is 1.71 bits per heavy atom. The van der Waals surface area contributed by atoms with E-state index in [1.54, 1.807) is 12.1 Å². The normalized spacial score (nSPS) is 9.95. The minimum absolute atomic E-state index is 0.361. The maximum atomic E-state index is 9.10. The number of hydrogen-bond acceptors (Lipinski definition) is 4. The second kappa shape index (κ2) is 10.7. The summed E-state index contributed by atoms with van der Waals surface area (Å²) in [5.41, 5.74) is 1.33. The van der Waals surface area contributed by atoms with Crippen LogP contribution in [0.2, 0.25) is 0 Å². The minimum atomic E-state index is 0.361. The number of aryl methyl sites for hydroxylation is 1. The van der Waals surface area contributed by atoms with Crippen molar-refractivity contribution in [1.29, 1.82) is 0 Å². The largest absolute Gasteiger partial charge is 0.508 e. The number of unbranched alkanes of at least 4 members (excludes halogenated alkanes) is 4. The zero-order valence-electron chi connectivity index (χ0n) is 12.2. The van der Waals surface area contributed by atoms with Crippen LogP contribution in [0.4, 0.5) is 0 Å². The quantitative estimate of drug-likeness (QED) is 0.461. The molecule has 6 heteroatoms. The van der Waals surface area contributed by atoms with Crippen LogP contribution in [-0.4, -0.2) is 14.7 Å². The molecule has 116 valence electrons. The number of aromatic nitrogens is 2. The topological polar surface area (TPSA) is 51.8 Å². The fraction of sp³-hybridized carbons (Fsp3) is 0.467. The molecular weight excluding hydrogens is 320 g/mol. The molecule has 0 atom stereocenters. The fourth-order valence-electron chi connectivity index (χ4n) is 1.81. The van der Waals surface area contributed by atoms with Crippen LogP contribution < -0.4 is 0 Å². The van der Waals surface area contributed by atoms with Gasteiger partial charge in [0.25, 0.3) is 0 Å². The third kappa shape index (κ3) is 8.14. The summed E-state index contributed by atoms with van der Waals surface area (Å²) >= 11 is 10.8. The Kier molecular flexibility index (Phi) is 9.21. The zero-order chi connectivity index (χ0) is 15.5. The molecule has 1 aromatic carbocycles. The van der Waals surface area contributed by atoms with Crippen LogP contribution in [0.5, 0.6) is 5.75 Å². The summed E-state index contributed by atoms with van der Waals surface area (Å²) in [4.78, 5) is 0. The van der Waals surface area contributed by atoms with Crippen molar-refractivity contribution in [3.63, 3.8) is 0 Å². The third-order valence-corrected chi connectivity index (χ3v) is 4.61. The smallest absolute Gasteiger partial charge is 0.148 e. The minimum Gasteiger partial charge on any atom is -0.508 e. The fourth-order valence-corrected chi connectivity index (χ4v) is 2.62. The Labute approximate surface area is 140 Å². The van der Waals surface area contributed by atoms with E-state index < -0.39 is 0 Å². The Hall–Kier alpha value is -0.980. The van der Waals surface area contributed by atoms with Crippen LogP contribution in [0.1, 0.15) is 44.6 Å². The molecule has 0 bridgehead atoms. The molecular formula is C15H22N2OS3. The van der Waals surface area contributed by atoms with Crippen molar-refractivity contribution in [2.45, 2.75) is 45.4 Å². The molecule has 0 aliphatic heterocycles. The van der Waals surface area contributed by atoms with Crippen LogP contribution >= 0.6 is 36.0 Å². The molecule has 0 amide bonds. The van der Waals surface area contributed by atoms with Gasteiger partial charge in [0, 0.05) is 0 Å². The third-order valence-electron chi connectivity index (χ3n) is 3.00. The molecule has 0 unspecified atom stereocenters. The molecule has 3 N–H and O–H groups in total. The lowest BCUT2D eigenvalue weighted by Gasteiger charge is -2.01. The van der Waals surface area contributed by atoms with Gasteiger partial charge in [-0.15, -0.1) is 0 Å². The molecule has 21 heavy (non-hydrogen) atoms. The first-order chi connectivity index (χ1) is 10.1. The van der Waals surface area contributed by atoms with Crippen LogP contribution in [-0.2, 0) is 6.42 Å². The Bertz CT molecular complexity index is 574. The number of rotatable bonds is 6. The summed E-state index contributed by atoms with van der Waals surface area (Å²) in [5.74, 6) is 0.361. The van der Waals surface area contributed by atoms with Crippen molar-refractivity contribution in [3.8, 4) is 5.75 Å². The number of phenolic OH excluding ortho intramolecular Hbond substituents is 1. The van der Waals surface area contributed by atoms with Crippen molar-refractivity contribution in [2.24, 2.45) is 0 Å². The summed E-state index contributed by atoms with van der Waals surface area (Å²) in [6.45, 7) is 2.24. The van der Waals surface area contributed by atoms with Crippen LogP contribution in [0.15, 0.2) is 24.3 Å². The number of H-pyrrole nitrogens is 2. The Balaban J connectivity index is 0.000000262. The summed E-state index contributed by atoms with van der Waals surface area (Å²) in [6.07, 6.45) is 7.76. The predicted octanol–water partition coefficient (Wildman–Crippen LogP) is 5.77. The average molecular weight is 343 g/mol. The molecule has 0 spiro atoms. The standard InChI is InChI=1S/C13H20O.C2H2N2S3/c1-2-3-4-5-6-7-12-8-10-13(14)11-9-12;5-1-2(6)7-4-3-1/h8-11,14H,2-7H2,1H3;4H,(H,3,5). The lowest BCUT2D eigenvalue weighted by atomic mass is 10.1. The van der Waals surface area contributed by atoms with E-state index in [2.05, 4.69) is 16.5 Å².